The number of hydrogen-bond acceptors (Lipinski definition) is 2. The molecule has 0 aliphatic heterocycles. The second-order valence-corrected chi connectivity index (χ2v) is 15.8. The van der Waals surface area contributed by atoms with E-state index >= 15 is 0 Å². The Bertz CT molecular complexity index is 1420. The predicted octanol–water partition coefficient (Wildman–Crippen LogP) is 7.64. The quantitative estimate of drug-likeness (QED) is 0.120. The van der Waals surface area contributed by atoms with Crippen molar-refractivity contribution in [1.82, 2.24) is 10.6 Å². The Balaban J connectivity index is 1.14. The first kappa shape index (κ1) is 30.6. The summed E-state index contributed by atoms with van der Waals surface area (Å²) in [6.45, 7) is 6.53. The summed E-state index contributed by atoms with van der Waals surface area (Å²) < 4.78 is 0. The van der Waals surface area contributed by atoms with E-state index in [9.17, 15) is 0 Å². The van der Waals surface area contributed by atoms with Gasteiger partial charge in [0.05, 0.1) is 0 Å². The van der Waals surface area contributed by atoms with Crippen LogP contribution in [-0.4, -0.2) is 25.2 Å². The van der Waals surface area contributed by atoms with Crippen LogP contribution < -0.4 is 31.9 Å². The minimum absolute atomic E-state index is 0.321. The smallest absolute Gasteiger partial charge is 0.0264 e. The van der Waals surface area contributed by atoms with Gasteiger partial charge in [0.2, 0.25) is 0 Å². The van der Waals surface area contributed by atoms with Crippen molar-refractivity contribution in [3.63, 3.8) is 0 Å². The highest BCUT2D eigenvalue weighted by Crippen LogP contribution is 2.49. The van der Waals surface area contributed by atoms with E-state index in [1.165, 1.54) is 43.0 Å². The molecule has 2 nitrogen and oxygen atoms in total. The highest BCUT2D eigenvalue weighted by atomic mass is 31.1. The molecule has 0 bridgehead atoms. The van der Waals surface area contributed by atoms with Gasteiger partial charge in [-0.1, -0.05) is 146 Å². The first-order valence-electron chi connectivity index (χ1n) is 15.8. The maximum absolute atomic E-state index is 3.87. The molecule has 4 aromatic carbocycles. The molecular weight excluding hydrogens is 570 g/mol. The van der Waals surface area contributed by atoms with E-state index in [4.69, 9.17) is 0 Å². The van der Waals surface area contributed by atoms with E-state index in [-0.39, 0.29) is 0 Å². The van der Waals surface area contributed by atoms with Crippen molar-refractivity contribution >= 4 is 37.1 Å². The van der Waals surface area contributed by atoms with E-state index in [1.54, 1.807) is 0 Å². The molecule has 222 valence electrons. The molecular formula is C40H42N2P2. The second-order valence-electron chi connectivity index (χ2n) is 11.4. The molecule has 0 amide bonds. The Morgan fingerprint density at radius 2 is 0.773 bits per heavy atom. The maximum atomic E-state index is 3.87. The molecule has 4 aromatic rings. The number of nitrogens with one attached hydrogen (secondary N) is 2. The Labute approximate surface area is 266 Å². The molecule has 0 radical (unpaired) electrons. The summed E-state index contributed by atoms with van der Waals surface area (Å²) in [5.74, 6) is 0. The van der Waals surface area contributed by atoms with E-state index in [0.29, 0.717) is 12.1 Å². The average Bonchev–Trinajstić information content (AvgIpc) is 3.76. The Morgan fingerprint density at radius 1 is 0.477 bits per heavy atom. The summed E-state index contributed by atoms with van der Waals surface area (Å²) >= 11 is 0. The second kappa shape index (κ2) is 15.1. The standard InChI is InChI=1S/C40H42N2P2/c1-31(37-25-15-27-39(37)43(33-17-7-3-8-18-33)34-19-9-4-10-20-34)41-29-30-42-32(2)38-26-16-28-40(38)44(35-21-11-5-12-22-35)36-23-13-6-14-24-36/h3-24,27-28,31-32,41-42H,25-26,29-30H2,1-2H3/t31-,32-/m0/s1. The van der Waals surface area contributed by atoms with Gasteiger partial charge < -0.3 is 10.6 Å². The van der Waals surface area contributed by atoms with Gasteiger partial charge in [0.15, 0.2) is 0 Å². The van der Waals surface area contributed by atoms with Crippen molar-refractivity contribution in [2.45, 2.75) is 38.8 Å². The Morgan fingerprint density at radius 3 is 1.07 bits per heavy atom. The summed E-state index contributed by atoms with van der Waals surface area (Å²) in [7, 11) is -1.17. The lowest BCUT2D eigenvalue weighted by Crippen LogP contribution is -2.38. The zero-order valence-electron chi connectivity index (χ0n) is 25.7. The van der Waals surface area contributed by atoms with Crippen molar-refractivity contribution < 1.29 is 0 Å². The minimum atomic E-state index is -0.583. The van der Waals surface area contributed by atoms with Gasteiger partial charge in [-0.25, -0.2) is 0 Å². The molecule has 4 heteroatoms. The molecule has 0 spiro atoms. The third-order valence-corrected chi connectivity index (χ3v) is 13.6. The van der Waals surface area contributed by atoms with Gasteiger partial charge in [0.1, 0.15) is 0 Å². The zero-order chi connectivity index (χ0) is 30.1. The molecule has 0 fully saturated rings. The van der Waals surface area contributed by atoms with Crippen LogP contribution in [0.1, 0.15) is 26.7 Å². The van der Waals surface area contributed by atoms with Crippen molar-refractivity contribution in [3.8, 4) is 0 Å². The molecule has 44 heavy (non-hydrogen) atoms. The van der Waals surface area contributed by atoms with Gasteiger partial charge in [0.25, 0.3) is 0 Å². The first-order chi connectivity index (χ1) is 21.7. The lowest BCUT2D eigenvalue weighted by atomic mass is 10.1. The third kappa shape index (κ3) is 7.12. The number of rotatable bonds is 13. The Kier molecular flexibility index (Phi) is 10.5. The summed E-state index contributed by atoms with van der Waals surface area (Å²) in [5, 5.41) is 16.4. The number of allylic oxidation sites excluding steroid dienone is 6. The summed E-state index contributed by atoms with van der Waals surface area (Å²) in [4.78, 5) is 0. The average molecular weight is 613 g/mol. The van der Waals surface area contributed by atoms with Crippen LogP contribution in [0, 0.1) is 0 Å². The fourth-order valence-corrected chi connectivity index (χ4v) is 11.5. The monoisotopic (exact) mass is 612 g/mol. The molecule has 2 aliphatic rings. The Hall–Kier alpha value is -3.38. The summed E-state index contributed by atoms with van der Waals surface area (Å²) in [5.41, 5.74) is 3.05. The molecule has 2 atom stereocenters. The van der Waals surface area contributed by atoms with Gasteiger partial charge in [-0.2, -0.15) is 0 Å². The fraction of sp³-hybridized carbons (Fsp3) is 0.200. The topological polar surface area (TPSA) is 24.1 Å². The van der Waals surface area contributed by atoms with Crippen molar-refractivity contribution in [2.75, 3.05) is 13.1 Å². The maximum Gasteiger partial charge on any atom is 0.0264 e. The van der Waals surface area contributed by atoms with Gasteiger partial charge >= 0.3 is 0 Å². The van der Waals surface area contributed by atoms with Crippen LogP contribution >= 0.6 is 15.8 Å². The molecule has 0 heterocycles. The third-order valence-electron chi connectivity index (χ3n) is 8.50. The van der Waals surface area contributed by atoms with Crippen LogP contribution in [0.5, 0.6) is 0 Å². The normalized spacial score (nSPS) is 16.0. The van der Waals surface area contributed by atoms with Crippen LogP contribution in [-0.2, 0) is 0 Å². The van der Waals surface area contributed by atoms with Crippen LogP contribution in [0.3, 0.4) is 0 Å². The number of hydrogen-bond donors (Lipinski definition) is 2. The molecule has 0 aromatic heterocycles. The minimum Gasteiger partial charge on any atom is -0.309 e. The molecule has 2 N–H and O–H groups in total. The molecule has 2 aliphatic carbocycles. The van der Waals surface area contributed by atoms with Crippen LogP contribution in [0.15, 0.2) is 167 Å². The molecule has 6 rings (SSSR count). The van der Waals surface area contributed by atoms with Gasteiger partial charge in [-0.15, -0.1) is 0 Å². The van der Waals surface area contributed by atoms with Gasteiger partial charge in [-0.3, -0.25) is 0 Å². The lowest BCUT2D eigenvalue weighted by molar-refractivity contribution is 0.537. The highest BCUT2D eigenvalue weighted by molar-refractivity contribution is 7.77. The SMILES string of the molecule is C[C@H](NCCN[C@@H](C)C1=C(P(c2ccccc2)c2ccccc2)C=CC1)C1=C(P(c2ccccc2)c2ccccc2)C=CC1. The largest absolute Gasteiger partial charge is 0.309 e. The fourth-order valence-electron chi connectivity index (χ4n) is 6.24. The van der Waals surface area contributed by atoms with Crippen LogP contribution in [0.25, 0.3) is 0 Å². The van der Waals surface area contributed by atoms with Crippen molar-refractivity contribution in [3.05, 3.63) is 167 Å². The molecule has 0 saturated heterocycles. The van der Waals surface area contributed by atoms with Crippen molar-refractivity contribution in [2.24, 2.45) is 0 Å². The highest BCUT2D eigenvalue weighted by Gasteiger charge is 2.26. The summed E-state index contributed by atoms with van der Waals surface area (Å²) in [6, 6.07) is 44.8. The lowest BCUT2D eigenvalue weighted by Gasteiger charge is -2.26. The van der Waals surface area contributed by atoms with Crippen LogP contribution in [0.4, 0.5) is 0 Å². The predicted molar refractivity (Wildman–Crippen MR) is 195 cm³/mol. The number of benzene rings is 4. The van der Waals surface area contributed by atoms with E-state index < -0.39 is 15.8 Å². The van der Waals surface area contributed by atoms with E-state index in [2.05, 4.69) is 170 Å². The van der Waals surface area contributed by atoms with Crippen molar-refractivity contribution in [1.29, 1.82) is 0 Å². The first-order valence-corrected chi connectivity index (χ1v) is 18.5. The molecule has 0 unspecified atom stereocenters. The van der Waals surface area contributed by atoms with E-state index in [0.717, 1.165) is 25.9 Å². The molecule has 0 saturated carbocycles. The van der Waals surface area contributed by atoms with E-state index in [1.807, 2.05) is 0 Å². The van der Waals surface area contributed by atoms with Gasteiger partial charge in [-0.05, 0) is 85.5 Å². The van der Waals surface area contributed by atoms with Crippen LogP contribution in [0.2, 0.25) is 0 Å². The summed E-state index contributed by atoms with van der Waals surface area (Å²) in [6.07, 6.45) is 11.5. The van der Waals surface area contributed by atoms with Gasteiger partial charge in [0, 0.05) is 25.2 Å². The zero-order valence-corrected chi connectivity index (χ0v) is 27.5.